The van der Waals surface area contributed by atoms with Crippen molar-refractivity contribution in [3.05, 3.63) is 33.4 Å². The average molecular weight is 373 g/mol. The Kier molecular flexibility index (Phi) is 4.29. The van der Waals surface area contributed by atoms with Crippen molar-refractivity contribution >= 4 is 22.6 Å². The fraction of sp³-hybridized carbons (Fsp3) is 0.625. The molecule has 0 bridgehead atoms. The lowest BCUT2D eigenvalue weighted by atomic mass is 9.79. The molecule has 1 aliphatic rings. The second-order valence-electron chi connectivity index (χ2n) is 6.56. The summed E-state index contributed by atoms with van der Waals surface area (Å²) in [6.07, 6.45) is 1.08. The zero-order chi connectivity index (χ0) is 14.3. The molecule has 0 amide bonds. The maximum absolute atomic E-state index is 6.25. The van der Waals surface area contributed by atoms with Crippen LogP contribution in [-0.4, -0.2) is 18.2 Å². The number of benzene rings is 1. The Labute approximate surface area is 130 Å². The van der Waals surface area contributed by atoms with Crippen molar-refractivity contribution in [1.29, 1.82) is 0 Å². The summed E-state index contributed by atoms with van der Waals surface area (Å²) in [5.41, 5.74) is 1.24. The van der Waals surface area contributed by atoms with E-state index in [-0.39, 0.29) is 11.2 Å². The van der Waals surface area contributed by atoms with E-state index in [1.807, 2.05) is 0 Å². The van der Waals surface area contributed by atoms with E-state index in [2.05, 4.69) is 86.9 Å². The molecule has 0 spiro atoms. The van der Waals surface area contributed by atoms with Gasteiger partial charge in [0, 0.05) is 15.5 Å². The predicted octanol–water partition coefficient (Wildman–Crippen LogP) is 4.15. The van der Waals surface area contributed by atoms with Gasteiger partial charge >= 0.3 is 0 Å². The molecule has 0 radical (unpaired) electrons. The highest BCUT2D eigenvalue weighted by Gasteiger charge is 2.49. The highest BCUT2D eigenvalue weighted by atomic mass is 127. The first-order valence-corrected chi connectivity index (χ1v) is 7.96. The summed E-state index contributed by atoms with van der Waals surface area (Å²) in [5, 5.41) is 3.51. The predicted molar refractivity (Wildman–Crippen MR) is 88.3 cm³/mol. The lowest BCUT2D eigenvalue weighted by molar-refractivity contribution is -0.0777. The van der Waals surface area contributed by atoms with Crippen molar-refractivity contribution in [1.82, 2.24) is 5.32 Å². The van der Waals surface area contributed by atoms with E-state index in [0.29, 0.717) is 12.0 Å². The highest BCUT2D eigenvalue weighted by molar-refractivity contribution is 14.1. The minimum atomic E-state index is -0.101. The van der Waals surface area contributed by atoms with E-state index in [0.717, 1.165) is 6.42 Å². The molecule has 19 heavy (non-hydrogen) atoms. The number of nitrogens with one attached hydrogen (secondary N) is 1. The van der Waals surface area contributed by atoms with Gasteiger partial charge in [-0.1, -0.05) is 18.2 Å². The number of rotatable bonds is 3. The molecule has 3 heteroatoms. The zero-order valence-electron chi connectivity index (χ0n) is 12.5. The zero-order valence-corrected chi connectivity index (χ0v) is 14.6. The summed E-state index contributed by atoms with van der Waals surface area (Å²) in [4.78, 5) is 0. The summed E-state index contributed by atoms with van der Waals surface area (Å²) >= 11 is 2.43. The molecule has 1 heterocycles. The minimum Gasteiger partial charge on any atom is -0.369 e. The first kappa shape index (κ1) is 15.3. The fourth-order valence-electron chi connectivity index (χ4n) is 3.42. The van der Waals surface area contributed by atoms with Crippen LogP contribution in [0.15, 0.2) is 24.3 Å². The van der Waals surface area contributed by atoms with Crippen LogP contribution < -0.4 is 5.32 Å². The van der Waals surface area contributed by atoms with E-state index in [1.54, 1.807) is 0 Å². The van der Waals surface area contributed by atoms with Crippen LogP contribution >= 0.6 is 22.6 Å². The van der Waals surface area contributed by atoms with E-state index < -0.39 is 0 Å². The summed E-state index contributed by atoms with van der Waals surface area (Å²) in [7, 11) is 2.05. The SMILES string of the molecule is CNC(c1ccccc1I)C1CC(C)(C)OC1(C)C. The topological polar surface area (TPSA) is 21.3 Å². The summed E-state index contributed by atoms with van der Waals surface area (Å²) in [6.45, 7) is 8.81. The first-order chi connectivity index (χ1) is 8.77. The van der Waals surface area contributed by atoms with Gasteiger partial charge in [0.15, 0.2) is 0 Å². The van der Waals surface area contributed by atoms with Crippen LogP contribution in [0.1, 0.15) is 45.7 Å². The molecule has 106 valence electrons. The van der Waals surface area contributed by atoms with Gasteiger partial charge in [0.25, 0.3) is 0 Å². The van der Waals surface area contributed by atoms with E-state index in [9.17, 15) is 0 Å². The minimum absolute atomic E-state index is 0.0382. The molecule has 1 fully saturated rings. The third-order valence-corrected chi connectivity index (χ3v) is 5.08. The van der Waals surface area contributed by atoms with Crippen LogP contribution in [0.5, 0.6) is 0 Å². The Morgan fingerprint density at radius 3 is 2.37 bits per heavy atom. The maximum Gasteiger partial charge on any atom is 0.0681 e. The maximum atomic E-state index is 6.25. The van der Waals surface area contributed by atoms with Crippen molar-refractivity contribution < 1.29 is 4.74 Å². The van der Waals surface area contributed by atoms with E-state index in [1.165, 1.54) is 9.13 Å². The van der Waals surface area contributed by atoms with Crippen molar-refractivity contribution in [2.45, 2.75) is 51.4 Å². The molecule has 2 nitrogen and oxygen atoms in total. The number of hydrogen-bond acceptors (Lipinski definition) is 2. The molecule has 1 aromatic carbocycles. The molecule has 0 aliphatic carbocycles. The first-order valence-electron chi connectivity index (χ1n) is 6.89. The Bertz CT molecular complexity index is 456. The van der Waals surface area contributed by atoms with E-state index in [4.69, 9.17) is 4.74 Å². The molecule has 1 aliphatic heterocycles. The molecule has 2 atom stereocenters. The van der Waals surface area contributed by atoms with Crippen molar-refractivity contribution in [2.75, 3.05) is 7.05 Å². The van der Waals surface area contributed by atoms with Crippen LogP contribution in [0.4, 0.5) is 0 Å². The van der Waals surface area contributed by atoms with E-state index >= 15 is 0 Å². The average Bonchev–Trinajstić information content (AvgIpc) is 2.51. The van der Waals surface area contributed by atoms with Crippen LogP contribution in [0.2, 0.25) is 0 Å². The molecule has 0 aromatic heterocycles. The van der Waals surface area contributed by atoms with Gasteiger partial charge in [0.05, 0.1) is 11.2 Å². The summed E-state index contributed by atoms with van der Waals surface area (Å²) < 4.78 is 7.57. The van der Waals surface area contributed by atoms with Gasteiger partial charge < -0.3 is 10.1 Å². The molecule has 2 rings (SSSR count). The van der Waals surface area contributed by atoms with Crippen LogP contribution in [0.25, 0.3) is 0 Å². The van der Waals surface area contributed by atoms with Crippen LogP contribution in [0, 0.1) is 9.49 Å². The summed E-state index contributed by atoms with van der Waals surface area (Å²) in [5.74, 6) is 0.475. The molecule has 1 saturated heterocycles. The normalized spacial score (nSPS) is 26.3. The van der Waals surface area contributed by atoms with Gasteiger partial charge in [-0.2, -0.15) is 0 Å². The van der Waals surface area contributed by atoms with Crippen molar-refractivity contribution in [2.24, 2.45) is 5.92 Å². The molecule has 0 saturated carbocycles. The Balaban J connectivity index is 2.36. The van der Waals surface area contributed by atoms with Crippen LogP contribution in [-0.2, 0) is 4.74 Å². The second kappa shape index (κ2) is 5.34. The van der Waals surface area contributed by atoms with Gasteiger partial charge in [-0.3, -0.25) is 0 Å². The van der Waals surface area contributed by atoms with Gasteiger partial charge in [0.1, 0.15) is 0 Å². The van der Waals surface area contributed by atoms with Gasteiger partial charge in [0.2, 0.25) is 0 Å². The van der Waals surface area contributed by atoms with Gasteiger partial charge in [-0.25, -0.2) is 0 Å². The Hall–Kier alpha value is -0.130. The molecular weight excluding hydrogens is 349 g/mol. The Morgan fingerprint density at radius 2 is 1.89 bits per heavy atom. The third kappa shape index (κ3) is 3.14. The monoisotopic (exact) mass is 373 g/mol. The van der Waals surface area contributed by atoms with Crippen LogP contribution in [0.3, 0.4) is 0 Å². The van der Waals surface area contributed by atoms with Gasteiger partial charge in [-0.15, -0.1) is 0 Å². The second-order valence-corrected chi connectivity index (χ2v) is 7.73. The van der Waals surface area contributed by atoms with Crippen molar-refractivity contribution in [3.8, 4) is 0 Å². The lowest BCUT2D eigenvalue weighted by Gasteiger charge is -2.33. The fourth-order valence-corrected chi connectivity index (χ4v) is 4.15. The standard InChI is InChI=1S/C16H24INO/c1-15(2)10-12(16(3,4)19-15)14(18-5)11-8-6-7-9-13(11)17/h6-9,12,14,18H,10H2,1-5H3. The number of halogens is 1. The highest BCUT2D eigenvalue weighted by Crippen LogP contribution is 2.48. The number of ether oxygens (including phenoxy) is 1. The van der Waals surface area contributed by atoms with Crippen molar-refractivity contribution in [3.63, 3.8) is 0 Å². The molecule has 1 N–H and O–H groups in total. The quantitative estimate of drug-likeness (QED) is 0.804. The molecular formula is C16H24INO. The molecule has 2 unspecified atom stereocenters. The smallest absolute Gasteiger partial charge is 0.0681 e. The number of hydrogen-bond donors (Lipinski definition) is 1. The summed E-state index contributed by atoms with van der Waals surface area (Å²) in [6, 6.07) is 8.96. The Morgan fingerprint density at radius 1 is 1.26 bits per heavy atom. The lowest BCUT2D eigenvalue weighted by Crippen LogP contribution is -2.37. The largest absolute Gasteiger partial charge is 0.369 e. The van der Waals surface area contributed by atoms with Gasteiger partial charge in [-0.05, 0) is 75.4 Å². The molecule has 1 aromatic rings. The third-order valence-electron chi connectivity index (χ3n) is 4.10.